The van der Waals surface area contributed by atoms with Gasteiger partial charge in [0.2, 0.25) is 0 Å². The Morgan fingerprint density at radius 1 is 1.19 bits per heavy atom. The lowest BCUT2D eigenvalue weighted by Gasteiger charge is -2.16. The number of aliphatic hydroxyl groups excluding tert-OH is 2. The molecule has 0 aliphatic carbocycles. The number of nitrogens with zero attached hydrogens (tertiary/aromatic N) is 4. The van der Waals surface area contributed by atoms with Crippen molar-refractivity contribution in [2.24, 2.45) is 0 Å². The molecule has 3 aromatic rings. The van der Waals surface area contributed by atoms with E-state index in [2.05, 4.69) is 15.0 Å². The van der Waals surface area contributed by atoms with Crippen molar-refractivity contribution >= 4 is 28.7 Å². The molecule has 0 spiro atoms. The van der Waals surface area contributed by atoms with Gasteiger partial charge in [-0.3, -0.25) is 4.57 Å². The highest BCUT2D eigenvalue weighted by Gasteiger charge is 2.44. The van der Waals surface area contributed by atoms with Crippen LogP contribution in [0.25, 0.3) is 11.2 Å². The number of nitrogens with two attached hydrogens (primary N) is 1. The first-order valence-electron chi connectivity index (χ1n) is 7.88. The van der Waals surface area contributed by atoms with Gasteiger partial charge in [-0.2, -0.15) is 0 Å². The van der Waals surface area contributed by atoms with Gasteiger partial charge in [-0.1, -0.05) is 12.1 Å². The zero-order chi connectivity index (χ0) is 18.3. The molecule has 4 N–H and O–H groups in total. The van der Waals surface area contributed by atoms with Gasteiger partial charge in [0, 0.05) is 10.6 Å². The highest BCUT2D eigenvalue weighted by molar-refractivity contribution is 7.99. The minimum absolute atomic E-state index is 0.216. The van der Waals surface area contributed by atoms with Crippen LogP contribution in [0.3, 0.4) is 0 Å². The van der Waals surface area contributed by atoms with Gasteiger partial charge in [-0.05, 0) is 12.1 Å². The van der Waals surface area contributed by atoms with Crippen LogP contribution in [0.1, 0.15) is 6.23 Å². The van der Waals surface area contributed by atoms with E-state index in [-0.39, 0.29) is 17.4 Å². The fourth-order valence-corrected chi connectivity index (χ4v) is 3.89. The molecule has 1 aromatic carbocycles. The predicted molar refractivity (Wildman–Crippen MR) is 92.8 cm³/mol. The lowest BCUT2D eigenvalue weighted by atomic mass is 10.1. The van der Waals surface area contributed by atoms with Crippen LogP contribution in [0.4, 0.5) is 10.2 Å². The lowest BCUT2D eigenvalue weighted by Crippen LogP contribution is -2.32. The molecule has 0 saturated carbocycles. The number of nitrogen functional groups attached to an aromatic ring is 1. The minimum atomic E-state index is -1.19. The summed E-state index contributed by atoms with van der Waals surface area (Å²) in [5, 5.41) is 20.7. The number of hydrogen-bond acceptors (Lipinski definition) is 8. The second kappa shape index (κ2) is 6.80. The Morgan fingerprint density at radius 2 is 2.00 bits per heavy atom. The summed E-state index contributed by atoms with van der Waals surface area (Å²) in [7, 11) is 0. The normalized spacial score (nSPS) is 25.8. The van der Waals surface area contributed by atoms with Crippen molar-refractivity contribution in [1.82, 2.24) is 19.5 Å². The standard InChI is InChI=1S/C16H16FN5O3S/c17-8-3-1-2-4-10(8)26-5-9-12(23)13(24)16(25-9)22-7-21-11-14(18)19-6-20-15(11)22/h1-4,6-7,9,12-13,16,23-24H,5H2,(H2,18,19,20)/t9?,12-,13-,16-/m1/s1. The molecule has 136 valence electrons. The topological polar surface area (TPSA) is 119 Å². The summed E-state index contributed by atoms with van der Waals surface area (Å²) >= 11 is 1.21. The maximum absolute atomic E-state index is 13.7. The highest BCUT2D eigenvalue weighted by atomic mass is 32.2. The average molecular weight is 377 g/mol. The van der Waals surface area contributed by atoms with E-state index in [1.54, 1.807) is 18.2 Å². The van der Waals surface area contributed by atoms with Crippen LogP contribution in [-0.4, -0.2) is 53.8 Å². The summed E-state index contributed by atoms with van der Waals surface area (Å²) in [5.74, 6) is 0.155. The molecule has 1 aliphatic rings. The van der Waals surface area contributed by atoms with Crippen LogP contribution in [0, 0.1) is 5.82 Å². The molecule has 0 bridgehead atoms. The van der Waals surface area contributed by atoms with Crippen LogP contribution in [-0.2, 0) is 4.74 Å². The van der Waals surface area contributed by atoms with Gasteiger partial charge in [0.15, 0.2) is 17.7 Å². The molecule has 1 fully saturated rings. The van der Waals surface area contributed by atoms with E-state index >= 15 is 0 Å². The Morgan fingerprint density at radius 3 is 2.81 bits per heavy atom. The van der Waals surface area contributed by atoms with Crippen molar-refractivity contribution < 1.29 is 19.3 Å². The number of ether oxygens (including phenoxy) is 1. The summed E-state index contributed by atoms with van der Waals surface area (Å²) in [4.78, 5) is 12.6. The van der Waals surface area contributed by atoms with E-state index in [4.69, 9.17) is 10.5 Å². The van der Waals surface area contributed by atoms with Gasteiger partial charge in [0.25, 0.3) is 0 Å². The van der Waals surface area contributed by atoms with E-state index in [0.717, 1.165) is 0 Å². The van der Waals surface area contributed by atoms with Gasteiger partial charge in [0.1, 0.15) is 29.9 Å². The van der Waals surface area contributed by atoms with Gasteiger partial charge in [0.05, 0.1) is 12.4 Å². The molecule has 10 heteroatoms. The van der Waals surface area contributed by atoms with E-state index in [0.29, 0.717) is 16.1 Å². The number of fused-ring (bicyclic) bond motifs is 1. The average Bonchev–Trinajstić information content (AvgIpc) is 3.18. The van der Waals surface area contributed by atoms with Crippen molar-refractivity contribution in [1.29, 1.82) is 0 Å². The number of rotatable bonds is 4. The van der Waals surface area contributed by atoms with Gasteiger partial charge >= 0.3 is 0 Å². The van der Waals surface area contributed by atoms with Crippen LogP contribution in [0.15, 0.2) is 41.8 Å². The quantitative estimate of drug-likeness (QED) is 0.575. The molecule has 8 nitrogen and oxygen atoms in total. The molecule has 26 heavy (non-hydrogen) atoms. The van der Waals surface area contributed by atoms with E-state index < -0.39 is 24.5 Å². The van der Waals surface area contributed by atoms with Crippen LogP contribution >= 0.6 is 11.8 Å². The Bertz CT molecular complexity index is 939. The Balaban J connectivity index is 1.54. The molecule has 3 heterocycles. The van der Waals surface area contributed by atoms with E-state index in [1.807, 2.05) is 0 Å². The summed E-state index contributed by atoms with van der Waals surface area (Å²) in [6.45, 7) is 0. The van der Waals surface area contributed by atoms with Crippen LogP contribution in [0.2, 0.25) is 0 Å². The number of hydrogen-bond donors (Lipinski definition) is 3. The van der Waals surface area contributed by atoms with Gasteiger partial charge in [-0.25, -0.2) is 19.3 Å². The highest BCUT2D eigenvalue weighted by Crippen LogP contribution is 2.34. The molecule has 4 atom stereocenters. The van der Waals surface area contributed by atoms with Gasteiger partial charge < -0.3 is 20.7 Å². The lowest BCUT2D eigenvalue weighted by molar-refractivity contribution is -0.0289. The SMILES string of the molecule is Nc1ncnc2c1ncn2[C@@H]1OC(CSc2ccccc2F)[C@@H](O)[C@H]1O. The first-order chi connectivity index (χ1) is 12.6. The molecule has 0 amide bonds. The molecule has 1 unspecified atom stereocenters. The zero-order valence-electron chi connectivity index (χ0n) is 13.4. The van der Waals surface area contributed by atoms with Crippen LogP contribution in [0.5, 0.6) is 0 Å². The summed E-state index contributed by atoms with van der Waals surface area (Å²) in [6.07, 6.45) is -1.15. The largest absolute Gasteiger partial charge is 0.387 e. The Hall–Kier alpha value is -2.27. The number of halogens is 1. The zero-order valence-corrected chi connectivity index (χ0v) is 14.3. The van der Waals surface area contributed by atoms with Gasteiger partial charge in [-0.15, -0.1) is 11.8 Å². The molecular formula is C16H16FN5O3S. The smallest absolute Gasteiger partial charge is 0.167 e. The third-order valence-electron chi connectivity index (χ3n) is 4.24. The summed E-state index contributed by atoms with van der Waals surface area (Å²) in [5.41, 5.74) is 6.56. The van der Waals surface area contributed by atoms with E-state index in [9.17, 15) is 14.6 Å². The minimum Gasteiger partial charge on any atom is -0.387 e. The van der Waals surface area contributed by atoms with Crippen molar-refractivity contribution in [2.45, 2.75) is 29.4 Å². The Kier molecular flexibility index (Phi) is 4.49. The maximum atomic E-state index is 13.7. The van der Waals surface area contributed by atoms with E-state index in [1.165, 1.54) is 35.0 Å². The monoisotopic (exact) mass is 377 g/mol. The van der Waals surface area contributed by atoms with Crippen molar-refractivity contribution in [2.75, 3.05) is 11.5 Å². The molecule has 4 rings (SSSR count). The molecule has 1 saturated heterocycles. The third-order valence-corrected chi connectivity index (χ3v) is 5.38. The predicted octanol–water partition coefficient (Wildman–Crippen LogP) is 0.959. The molecular weight excluding hydrogens is 361 g/mol. The number of aliphatic hydroxyl groups is 2. The number of benzene rings is 1. The first-order valence-corrected chi connectivity index (χ1v) is 8.86. The first kappa shape index (κ1) is 17.2. The second-order valence-electron chi connectivity index (χ2n) is 5.87. The fourth-order valence-electron chi connectivity index (χ4n) is 2.89. The van der Waals surface area contributed by atoms with Crippen LogP contribution < -0.4 is 5.73 Å². The Labute approximate surface area is 151 Å². The van der Waals surface area contributed by atoms with Crippen molar-refractivity contribution in [3.8, 4) is 0 Å². The molecule has 0 radical (unpaired) electrons. The number of anilines is 1. The summed E-state index contributed by atoms with van der Waals surface area (Å²) < 4.78 is 21.1. The van der Waals surface area contributed by atoms with Crippen molar-refractivity contribution in [3.05, 3.63) is 42.7 Å². The molecule has 2 aromatic heterocycles. The number of thioether (sulfide) groups is 1. The fraction of sp³-hybridized carbons (Fsp3) is 0.312. The molecule has 1 aliphatic heterocycles. The second-order valence-corrected chi connectivity index (χ2v) is 6.93. The summed E-state index contributed by atoms with van der Waals surface area (Å²) in [6, 6.07) is 6.36. The number of imidazole rings is 1. The third kappa shape index (κ3) is 2.90. The maximum Gasteiger partial charge on any atom is 0.167 e. The number of aromatic nitrogens is 4. The van der Waals surface area contributed by atoms with Crippen molar-refractivity contribution in [3.63, 3.8) is 0 Å².